The van der Waals surface area contributed by atoms with E-state index in [-0.39, 0.29) is 0 Å². The lowest BCUT2D eigenvalue weighted by Gasteiger charge is -2.12. The number of benzene rings is 8. The minimum atomic E-state index is 0.695. The monoisotopic (exact) mass is 821 g/mol. The molecule has 0 amide bonds. The summed E-state index contributed by atoms with van der Waals surface area (Å²) in [5.74, 6) is 1.53. The summed E-state index contributed by atoms with van der Waals surface area (Å²) in [6.45, 7) is 0. The Morgan fingerprint density at radius 2 is 0.937 bits per heavy atom. The quantitative estimate of drug-likeness (QED) is 0.168. The van der Waals surface area contributed by atoms with Crippen LogP contribution in [0.2, 0.25) is 0 Å². The Balaban J connectivity index is 0.920. The molecule has 13 rings (SSSR count). The summed E-state index contributed by atoms with van der Waals surface area (Å²) < 4.78 is 7.15. The summed E-state index contributed by atoms with van der Waals surface area (Å²) in [5, 5.41) is 6.01. The maximum absolute atomic E-state index is 5.23. The van der Waals surface area contributed by atoms with Crippen molar-refractivity contribution in [1.82, 2.24) is 24.1 Å². The molecule has 0 bridgehead atoms. The summed E-state index contributed by atoms with van der Waals surface area (Å²) >= 11 is 1.80. The van der Waals surface area contributed by atoms with Crippen molar-refractivity contribution in [3.05, 3.63) is 212 Å². The number of nitrogens with zero attached hydrogens (tertiary/aromatic N) is 5. The van der Waals surface area contributed by atoms with Gasteiger partial charge in [-0.3, -0.25) is 9.55 Å². The lowest BCUT2D eigenvalue weighted by atomic mass is 9.97. The lowest BCUT2D eigenvalue weighted by molar-refractivity contribution is 1.05. The van der Waals surface area contributed by atoms with E-state index in [1.807, 2.05) is 36.5 Å². The fourth-order valence-corrected chi connectivity index (χ4v) is 10.5. The number of thiophene rings is 1. The first kappa shape index (κ1) is 35.6. The third-order valence-electron chi connectivity index (χ3n) is 12.4. The maximum atomic E-state index is 5.23. The SMILES string of the molecule is c1ccc(-c2cc(-n3c4ccccc4c4cc(-c5cccc(-c6ccc7c(c6)c6ccccc6n7-c6ccc7sc8cccnc8c7c6)c5)ccc43)nc(-c3ccccc3)n2)cc1. The second kappa shape index (κ2) is 14.2. The highest BCUT2D eigenvalue weighted by Gasteiger charge is 2.19. The lowest BCUT2D eigenvalue weighted by Crippen LogP contribution is -2.02. The molecule has 0 spiro atoms. The van der Waals surface area contributed by atoms with Gasteiger partial charge in [0.05, 0.1) is 38.0 Å². The Hall–Kier alpha value is -8.19. The molecule has 0 fully saturated rings. The van der Waals surface area contributed by atoms with Gasteiger partial charge < -0.3 is 4.57 Å². The van der Waals surface area contributed by atoms with Crippen LogP contribution in [0.15, 0.2) is 212 Å². The minimum absolute atomic E-state index is 0.695. The summed E-state index contributed by atoms with van der Waals surface area (Å²) in [6.07, 6.45) is 1.89. The highest BCUT2D eigenvalue weighted by Crippen LogP contribution is 2.40. The normalized spacial score (nSPS) is 11.8. The van der Waals surface area contributed by atoms with Gasteiger partial charge in [0.1, 0.15) is 5.82 Å². The Morgan fingerprint density at radius 3 is 1.65 bits per heavy atom. The van der Waals surface area contributed by atoms with Crippen LogP contribution in [-0.2, 0) is 0 Å². The van der Waals surface area contributed by atoms with Gasteiger partial charge in [-0.1, -0.05) is 127 Å². The first-order valence-corrected chi connectivity index (χ1v) is 22.0. The molecule has 0 aliphatic heterocycles. The average Bonchev–Trinajstić information content (AvgIpc) is 4.01. The number of rotatable bonds is 6. The first-order chi connectivity index (χ1) is 31.2. The Bertz CT molecular complexity index is 3860. The highest BCUT2D eigenvalue weighted by molar-refractivity contribution is 7.25. The van der Waals surface area contributed by atoms with Crippen molar-refractivity contribution in [3.63, 3.8) is 0 Å². The molecule has 63 heavy (non-hydrogen) atoms. The molecule has 5 aromatic heterocycles. The first-order valence-electron chi connectivity index (χ1n) is 21.2. The van der Waals surface area contributed by atoms with Gasteiger partial charge in [-0.05, 0) is 95.1 Å². The number of hydrogen-bond acceptors (Lipinski definition) is 4. The van der Waals surface area contributed by atoms with Crippen molar-refractivity contribution < 1.29 is 0 Å². The summed E-state index contributed by atoms with van der Waals surface area (Å²) in [5.41, 5.74) is 14.4. The average molecular weight is 822 g/mol. The zero-order chi connectivity index (χ0) is 41.4. The van der Waals surface area contributed by atoms with Crippen LogP contribution in [0, 0.1) is 0 Å². The Kier molecular flexibility index (Phi) is 8.01. The molecule has 0 aliphatic carbocycles. The standard InChI is InChI=1S/C57H35N5S/c1-3-13-36(14-4-1)48-35-55(60-57(59-48)37-15-5-2-6-16-37)62-50-22-10-8-20-44(50)46-33-41(25-28-52(46)62)39-18-11-17-38(31-39)40-24-27-51-45(32-40)43-19-7-9-21-49(43)61(51)42-26-29-53-47(34-42)56-54(63-53)23-12-30-58-56/h1-35H. The van der Waals surface area contributed by atoms with E-state index in [1.165, 1.54) is 64.1 Å². The van der Waals surface area contributed by atoms with Crippen LogP contribution in [0.1, 0.15) is 0 Å². The molecule has 5 heterocycles. The maximum Gasteiger partial charge on any atom is 0.162 e. The van der Waals surface area contributed by atoms with E-state index < -0.39 is 0 Å². The fourth-order valence-electron chi connectivity index (χ4n) is 9.46. The van der Waals surface area contributed by atoms with E-state index in [4.69, 9.17) is 15.0 Å². The zero-order valence-electron chi connectivity index (χ0n) is 33.9. The largest absolute Gasteiger partial charge is 0.309 e. The molecular weight excluding hydrogens is 787 g/mol. The van der Waals surface area contributed by atoms with Crippen molar-refractivity contribution in [2.24, 2.45) is 0 Å². The fraction of sp³-hybridized carbons (Fsp3) is 0. The van der Waals surface area contributed by atoms with Crippen molar-refractivity contribution >= 4 is 75.3 Å². The summed E-state index contributed by atoms with van der Waals surface area (Å²) in [6, 6.07) is 73.7. The molecule has 0 saturated heterocycles. The number of aromatic nitrogens is 5. The molecule has 5 nitrogen and oxygen atoms in total. The van der Waals surface area contributed by atoms with Gasteiger partial charge in [-0.15, -0.1) is 11.3 Å². The number of hydrogen-bond donors (Lipinski definition) is 0. The van der Waals surface area contributed by atoms with Crippen LogP contribution in [0.3, 0.4) is 0 Å². The smallest absolute Gasteiger partial charge is 0.162 e. The molecule has 0 atom stereocenters. The zero-order valence-corrected chi connectivity index (χ0v) is 34.7. The van der Waals surface area contributed by atoms with Crippen LogP contribution in [0.5, 0.6) is 0 Å². The molecule has 294 valence electrons. The van der Waals surface area contributed by atoms with Crippen molar-refractivity contribution in [3.8, 4) is 56.4 Å². The van der Waals surface area contributed by atoms with E-state index in [0.29, 0.717) is 5.82 Å². The predicted molar refractivity (Wildman–Crippen MR) is 263 cm³/mol. The van der Waals surface area contributed by atoms with Crippen LogP contribution < -0.4 is 0 Å². The van der Waals surface area contributed by atoms with Gasteiger partial charge in [0, 0.05) is 60.7 Å². The number of pyridine rings is 1. The second-order valence-electron chi connectivity index (χ2n) is 16.0. The Morgan fingerprint density at radius 1 is 0.349 bits per heavy atom. The van der Waals surface area contributed by atoms with E-state index in [2.05, 4.69) is 185 Å². The molecular formula is C57H35N5S. The van der Waals surface area contributed by atoms with Crippen LogP contribution in [0.4, 0.5) is 0 Å². The van der Waals surface area contributed by atoms with Crippen LogP contribution in [-0.4, -0.2) is 24.1 Å². The van der Waals surface area contributed by atoms with Crippen molar-refractivity contribution in [1.29, 1.82) is 0 Å². The van der Waals surface area contributed by atoms with Gasteiger partial charge in [0.25, 0.3) is 0 Å². The number of fused-ring (bicyclic) bond motifs is 9. The Labute approximate surface area is 366 Å². The summed E-state index contributed by atoms with van der Waals surface area (Å²) in [4.78, 5) is 15.0. The van der Waals surface area contributed by atoms with Crippen molar-refractivity contribution in [2.75, 3.05) is 0 Å². The third-order valence-corrected chi connectivity index (χ3v) is 13.5. The molecule has 0 radical (unpaired) electrons. The van der Waals surface area contributed by atoms with E-state index in [1.54, 1.807) is 11.3 Å². The molecule has 0 N–H and O–H groups in total. The molecule has 13 aromatic rings. The van der Waals surface area contributed by atoms with E-state index in [0.717, 1.165) is 50.4 Å². The van der Waals surface area contributed by atoms with Gasteiger partial charge in [0.15, 0.2) is 5.82 Å². The molecule has 0 saturated carbocycles. The van der Waals surface area contributed by atoms with Crippen LogP contribution in [0.25, 0.3) is 120 Å². The topological polar surface area (TPSA) is 48.5 Å². The molecule has 8 aromatic carbocycles. The van der Waals surface area contributed by atoms with E-state index >= 15 is 0 Å². The van der Waals surface area contributed by atoms with Crippen molar-refractivity contribution in [2.45, 2.75) is 0 Å². The second-order valence-corrected chi connectivity index (χ2v) is 17.1. The minimum Gasteiger partial charge on any atom is -0.309 e. The van der Waals surface area contributed by atoms with Gasteiger partial charge in [-0.2, -0.15) is 0 Å². The summed E-state index contributed by atoms with van der Waals surface area (Å²) in [7, 11) is 0. The van der Waals surface area contributed by atoms with Gasteiger partial charge in [-0.25, -0.2) is 9.97 Å². The van der Waals surface area contributed by atoms with Gasteiger partial charge >= 0.3 is 0 Å². The predicted octanol–water partition coefficient (Wildman–Crippen LogP) is 15.1. The van der Waals surface area contributed by atoms with Crippen LogP contribution >= 0.6 is 11.3 Å². The van der Waals surface area contributed by atoms with E-state index in [9.17, 15) is 0 Å². The highest BCUT2D eigenvalue weighted by atomic mass is 32.1. The number of para-hydroxylation sites is 2. The van der Waals surface area contributed by atoms with Gasteiger partial charge in [0.2, 0.25) is 0 Å². The molecule has 6 heteroatoms. The molecule has 0 aliphatic rings. The molecule has 0 unspecified atom stereocenters. The third kappa shape index (κ3) is 5.80.